The van der Waals surface area contributed by atoms with E-state index in [1.807, 2.05) is 6.07 Å². The van der Waals surface area contributed by atoms with E-state index in [1.165, 1.54) is 12.1 Å². The molecule has 0 aliphatic heterocycles. The van der Waals surface area contributed by atoms with E-state index in [4.69, 9.17) is 10.00 Å². The molecule has 0 aliphatic rings. The average Bonchev–Trinajstić information content (AvgIpc) is 2.93. The second-order valence-electron chi connectivity index (χ2n) is 5.35. The zero-order valence-corrected chi connectivity index (χ0v) is 13.1. The molecule has 2 aromatic carbocycles. The van der Waals surface area contributed by atoms with Crippen LogP contribution in [-0.2, 0) is 11.3 Å². The van der Waals surface area contributed by atoms with Gasteiger partial charge in [-0.15, -0.1) is 0 Å². The molecule has 0 saturated carbocycles. The smallest absolute Gasteiger partial charge is 0.354 e. The fourth-order valence-electron chi connectivity index (χ4n) is 2.71. The molecule has 1 aromatic heterocycles. The highest BCUT2D eigenvalue weighted by Gasteiger charge is 2.17. The van der Waals surface area contributed by atoms with Crippen molar-refractivity contribution in [2.24, 2.45) is 0 Å². The Kier molecular flexibility index (Phi) is 4.30. The molecular weight excluding hydrogens is 307 g/mol. The first kappa shape index (κ1) is 15.8. The Morgan fingerprint density at radius 1 is 1.25 bits per heavy atom. The number of carbonyl (C=O) groups is 1. The van der Waals surface area contributed by atoms with Gasteiger partial charge in [0.1, 0.15) is 11.5 Å². The molecular formula is C19H15FN2O2. The van der Waals surface area contributed by atoms with Crippen LogP contribution in [0.5, 0.6) is 0 Å². The summed E-state index contributed by atoms with van der Waals surface area (Å²) in [6.45, 7) is 2.39. The van der Waals surface area contributed by atoms with Gasteiger partial charge < -0.3 is 9.30 Å². The second kappa shape index (κ2) is 6.55. The standard InChI is InChI=1S/C19H15FN2O2/c1-2-24-19(23)18-10-15-9-16(20)6-7-17(15)22(18)12-14-5-3-4-13(8-14)11-21/h3-10H,2,12H2,1H3. The number of aromatic nitrogens is 1. The van der Waals surface area contributed by atoms with Crippen molar-refractivity contribution in [2.75, 3.05) is 6.61 Å². The maximum Gasteiger partial charge on any atom is 0.354 e. The van der Waals surface area contributed by atoms with Crippen LogP contribution in [0.15, 0.2) is 48.5 Å². The number of rotatable bonds is 4. The van der Waals surface area contributed by atoms with E-state index in [-0.39, 0.29) is 12.4 Å². The van der Waals surface area contributed by atoms with Crippen LogP contribution in [0, 0.1) is 17.1 Å². The van der Waals surface area contributed by atoms with Crippen molar-refractivity contribution in [1.29, 1.82) is 5.26 Å². The summed E-state index contributed by atoms with van der Waals surface area (Å²) in [4.78, 5) is 12.2. The summed E-state index contributed by atoms with van der Waals surface area (Å²) in [5.41, 5.74) is 2.52. The zero-order valence-electron chi connectivity index (χ0n) is 13.1. The van der Waals surface area contributed by atoms with Gasteiger partial charge in [0.15, 0.2) is 0 Å². The average molecular weight is 322 g/mol. The molecule has 24 heavy (non-hydrogen) atoms. The Balaban J connectivity index is 2.11. The van der Waals surface area contributed by atoms with Crippen LogP contribution in [-0.4, -0.2) is 17.1 Å². The van der Waals surface area contributed by atoms with Crippen LogP contribution in [0.25, 0.3) is 10.9 Å². The molecule has 0 atom stereocenters. The lowest BCUT2D eigenvalue weighted by Crippen LogP contribution is -2.13. The predicted molar refractivity (Wildman–Crippen MR) is 88.1 cm³/mol. The molecule has 0 saturated heterocycles. The van der Waals surface area contributed by atoms with Gasteiger partial charge in [-0.2, -0.15) is 5.26 Å². The molecule has 4 nitrogen and oxygen atoms in total. The van der Waals surface area contributed by atoms with Crippen molar-refractivity contribution in [3.05, 3.63) is 71.2 Å². The summed E-state index contributed by atoms with van der Waals surface area (Å²) in [7, 11) is 0. The Morgan fingerprint density at radius 3 is 2.83 bits per heavy atom. The quantitative estimate of drug-likeness (QED) is 0.685. The summed E-state index contributed by atoms with van der Waals surface area (Å²) in [5.74, 6) is -0.813. The molecule has 5 heteroatoms. The zero-order chi connectivity index (χ0) is 17.1. The van der Waals surface area contributed by atoms with Gasteiger partial charge in [0.05, 0.1) is 18.2 Å². The van der Waals surface area contributed by atoms with E-state index < -0.39 is 5.97 Å². The Labute approximate surface area is 138 Å². The van der Waals surface area contributed by atoms with Crippen LogP contribution in [0.4, 0.5) is 4.39 Å². The molecule has 0 amide bonds. The van der Waals surface area contributed by atoms with Crippen molar-refractivity contribution in [1.82, 2.24) is 4.57 Å². The van der Waals surface area contributed by atoms with Gasteiger partial charge in [-0.05, 0) is 48.9 Å². The molecule has 0 spiro atoms. The Hall–Kier alpha value is -3.13. The lowest BCUT2D eigenvalue weighted by atomic mass is 10.1. The third-order valence-corrected chi connectivity index (χ3v) is 3.74. The number of esters is 1. The molecule has 1 heterocycles. The van der Waals surface area contributed by atoms with Crippen molar-refractivity contribution in [2.45, 2.75) is 13.5 Å². The number of nitrogens with zero attached hydrogens (tertiary/aromatic N) is 2. The first-order chi connectivity index (χ1) is 11.6. The minimum Gasteiger partial charge on any atom is -0.461 e. The van der Waals surface area contributed by atoms with Crippen LogP contribution in [0.3, 0.4) is 0 Å². The fraction of sp³-hybridized carbons (Fsp3) is 0.158. The summed E-state index contributed by atoms with van der Waals surface area (Å²) in [6, 6.07) is 15.3. The number of fused-ring (bicyclic) bond motifs is 1. The van der Waals surface area contributed by atoms with Crippen LogP contribution < -0.4 is 0 Å². The number of ether oxygens (including phenoxy) is 1. The molecule has 0 radical (unpaired) electrons. The molecule has 0 unspecified atom stereocenters. The molecule has 3 rings (SSSR count). The van der Waals surface area contributed by atoms with Crippen LogP contribution in [0.2, 0.25) is 0 Å². The highest BCUT2D eigenvalue weighted by Crippen LogP contribution is 2.23. The lowest BCUT2D eigenvalue weighted by Gasteiger charge is -2.10. The minimum atomic E-state index is -0.453. The van der Waals surface area contributed by atoms with Gasteiger partial charge in [-0.25, -0.2) is 9.18 Å². The van der Waals surface area contributed by atoms with Gasteiger partial charge in [-0.3, -0.25) is 0 Å². The summed E-state index contributed by atoms with van der Waals surface area (Å²) in [5, 5.41) is 9.66. The number of nitriles is 1. The van der Waals surface area contributed by atoms with E-state index in [1.54, 1.807) is 41.8 Å². The number of halogens is 1. The summed E-state index contributed by atoms with van der Waals surface area (Å²) < 4.78 is 20.4. The highest BCUT2D eigenvalue weighted by molar-refractivity contribution is 5.95. The molecule has 3 aromatic rings. The Bertz CT molecular complexity index is 954. The largest absolute Gasteiger partial charge is 0.461 e. The third kappa shape index (κ3) is 2.99. The second-order valence-corrected chi connectivity index (χ2v) is 5.35. The van der Waals surface area contributed by atoms with Gasteiger partial charge in [-0.1, -0.05) is 12.1 Å². The Morgan fingerprint density at radius 2 is 2.08 bits per heavy atom. The van der Waals surface area contributed by atoms with Gasteiger partial charge >= 0.3 is 5.97 Å². The monoisotopic (exact) mass is 322 g/mol. The maximum absolute atomic E-state index is 13.5. The van der Waals surface area contributed by atoms with E-state index in [0.717, 1.165) is 11.1 Å². The summed E-state index contributed by atoms with van der Waals surface area (Å²) in [6.07, 6.45) is 0. The van der Waals surface area contributed by atoms with Crippen molar-refractivity contribution >= 4 is 16.9 Å². The van der Waals surface area contributed by atoms with Crippen LogP contribution in [0.1, 0.15) is 28.5 Å². The molecule has 0 fully saturated rings. The first-order valence-corrected chi connectivity index (χ1v) is 7.57. The normalized spacial score (nSPS) is 10.5. The van der Waals surface area contributed by atoms with E-state index in [0.29, 0.717) is 23.2 Å². The van der Waals surface area contributed by atoms with Crippen molar-refractivity contribution < 1.29 is 13.9 Å². The van der Waals surface area contributed by atoms with E-state index in [2.05, 4.69) is 6.07 Å². The van der Waals surface area contributed by atoms with E-state index in [9.17, 15) is 9.18 Å². The van der Waals surface area contributed by atoms with Crippen LogP contribution >= 0.6 is 0 Å². The molecule has 0 aliphatic carbocycles. The topological polar surface area (TPSA) is 55.0 Å². The molecule has 0 N–H and O–H groups in total. The highest BCUT2D eigenvalue weighted by atomic mass is 19.1. The predicted octanol–water partition coefficient (Wildman–Crippen LogP) is 3.88. The molecule has 0 bridgehead atoms. The molecule has 120 valence electrons. The van der Waals surface area contributed by atoms with Gasteiger partial charge in [0.2, 0.25) is 0 Å². The lowest BCUT2D eigenvalue weighted by molar-refractivity contribution is 0.0515. The summed E-state index contributed by atoms with van der Waals surface area (Å²) >= 11 is 0. The third-order valence-electron chi connectivity index (χ3n) is 3.74. The van der Waals surface area contributed by atoms with Gasteiger partial charge in [0, 0.05) is 17.4 Å². The number of carbonyl (C=O) groups excluding carboxylic acids is 1. The van der Waals surface area contributed by atoms with Crippen molar-refractivity contribution in [3.63, 3.8) is 0 Å². The van der Waals surface area contributed by atoms with Gasteiger partial charge in [0.25, 0.3) is 0 Å². The fourth-order valence-corrected chi connectivity index (χ4v) is 2.71. The first-order valence-electron chi connectivity index (χ1n) is 7.57. The maximum atomic E-state index is 13.5. The minimum absolute atomic E-state index is 0.263. The van der Waals surface area contributed by atoms with Crippen molar-refractivity contribution in [3.8, 4) is 6.07 Å². The number of hydrogen-bond donors (Lipinski definition) is 0. The number of benzene rings is 2. The number of hydrogen-bond acceptors (Lipinski definition) is 3. The SMILES string of the molecule is CCOC(=O)c1cc2cc(F)ccc2n1Cc1cccc(C#N)c1. The van der Waals surface area contributed by atoms with E-state index >= 15 is 0 Å².